The average molecular weight is 295 g/mol. The van der Waals surface area contributed by atoms with Crippen LogP contribution in [0.4, 0.5) is 11.6 Å². The van der Waals surface area contributed by atoms with Crippen molar-refractivity contribution in [1.29, 1.82) is 0 Å². The van der Waals surface area contributed by atoms with Crippen LogP contribution in [0.25, 0.3) is 10.9 Å². The number of methoxy groups -OCH3 is 1. The third kappa shape index (κ3) is 2.67. The van der Waals surface area contributed by atoms with Crippen molar-refractivity contribution in [2.45, 2.75) is 0 Å². The van der Waals surface area contributed by atoms with Crippen molar-refractivity contribution >= 4 is 28.5 Å². The molecule has 0 aliphatic heterocycles. The van der Waals surface area contributed by atoms with Crippen LogP contribution in [0.15, 0.2) is 53.3 Å². The molecule has 0 fully saturated rings. The summed E-state index contributed by atoms with van der Waals surface area (Å²) in [4.78, 5) is 30.7. The van der Waals surface area contributed by atoms with E-state index in [0.717, 1.165) is 5.69 Å². The zero-order chi connectivity index (χ0) is 15.5. The Hall–Kier alpha value is -3.15. The summed E-state index contributed by atoms with van der Waals surface area (Å²) in [6.45, 7) is 0. The summed E-state index contributed by atoms with van der Waals surface area (Å²) in [5, 5.41) is 3.43. The quantitative estimate of drug-likeness (QED) is 0.725. The third-order valence-electron chi connectivity index (χ3n) is 3.16. The number of ether oxygens (including phenoxy) is 1. The maximum atomic E-state index is 12.1. The van der Waals surface area contributed by atoms with Crippen LogP contribution in [0.1, 0.15) is 10.4 Å². The van der Waals surface area contributed by atoms with Gasteiger partial charge in [-0.1, -0.05) is 18.2 Å². The number of anilines is 2. The lowest BCUT2D eigenvalue weighted by atomic mass is 10.1. The van der Waals surface area contributed by atoms with E-state index >= 15 is 0 Å². The van der Waals surface area contributed by atoms with Crippen molar-refractivity contribution in [3.05, 3.63) is 64.4 Å². The second-order valence-corrected chi connectivity index (χ2v) is 4.63. The van der Waals surface area contributed by atoms with Crippen LogP contribution < -0.4 is 10.9 Å². The van der Waals surface area contributed by atoms with Crippen molar-refractivity contribution in [3.63, 3.8) is 0 Å². The normalized spacial score (nSPS) is 10.4. The number of hydrogen-bond donors (Lipinski definition) is 2. The zero-order valence-electron chi connectivity index (χ0n) is 11.8. The number of carbonyl (C=O) groups is 1. The van der Waals surface area contributed by atoms with Crippen LogP contribution in [0.2, 0.25) is 0 Å². The van der Waals surface area contributed by atoms with Gasteiger partial charge < -0.3 is 10.1 Å². The molecule has 0 saturated heterocycles. The van der Waals surface area contributed by atoms with Crippen molar-refractivity contribution in [3.8, 4) is 0 Å². The molecule has 0 spiro atoms. The van der Waals surface area contributed by atoms with Gasteiger partial charge in [0.25, 0.3) is 5.56 Å². The Morgan fingerprint density at radius 3 is 2.68 bits per heavy atom. The number of nitrogens with one attached hydrogen (secondary N) is 2. The number of carbonyl (C=O) groups excluding carboxylic acids is 1. The second kappa shape index (κ2) is 5.69. The van der Waals surface area contributed by atoms with Crippen LogP contribution in [0, 0.1) is 0 Å². The van der Waals surface area contributed by atoms with Gasteiger partial charge in [0.05, 0.1) is 23.6 Å². The second-order valence-electron chi connectivity index (χ2n) is 4.63. The van der Waals surface area contributed by atoms with Crippen LogP contribution in [-0.2, 0) is 4.74 Å². The van der Waals surface area contributed by atoms with Gasteiger partial charge in [0.2, 0.25) is 5.95 Å². The number of rotatable bonds is 3. The minimum Gasteiger partial charge on any atom is -0.465 e. The SMILES string of the molecule is COC(=O)c1ccc2c(=O)[nH]c(Nc3ccccc3)nc2c1. The van der Waals surface area contributed by atoms with Crippen LogP contribution in [0.5, 0.6) is 0 Å². The molecule has 110 valence electrons. The molecule has 0 amide bonds. The largest absolute Gasteiger partial charge is 0.465 e. The molecule has 6 heteroatoms. The molecular formula is C16H13N3O3. The molecule has 2 N–H and O–H groups in total. The fourth-order valence-corrected chi connectivity index (χ4v) is 2.10. The fourth-order valence-electron chi connectivity index (χ4n) is 2.10. The maximum absolute atomic E-state index is 12.1. The molecule has 22 heavy (non-hydrogen) atoms. The summed E-state index contributed by atoms with van der Waals surface area (Å²) in [5.41, 5.74) is 1.29. The molecule has 0 aliphatic carbocycles. The Bertz CT molecular complexity index is 888. The van der Waals surface area contributed by atoms with Gasteiger partial charge in [0.1, 0.15) is 0 Å². The molecule has 0 radical (unpaired) electrons. The number of hydrogen-bond acceptors (Lipinski definition) is 5. The highest BCUT2D eigenvalue weighted by Crippen LogP contribution is 2.15. The highest BCUT2D eigenvalue weighted by atomic mass is 16.5. The van der Waals surface area contributed by atoms with Gasteiger partial charge in [-0.2, -0.15) is 0 Å². The first-order valence-electron chi connectivity index (χ1n) is 6.62. The minimum atomic E-state index is -0.471. The zero-order valence-corrected chi connectivity index (χ0v) is 11.8. The third-order valence-corrected chi connectivity index (χ3v) is 3.16. The lowest BCUT2D eigenvalue weighted by molar-refractivity contribution is 0.0601. The predicted octanol–water partition coefficient (Wildman–Crippen LogP) is 2.45. The Balaban J connectivity index is 2.06. The van der Waals surface area contributed by atoms with Crippen molar-refractivity contribution in [2.75, 3.05) is 12.4 Å². The number of aromatic amines is 1. The molecule has 1 aromatic heterocycles. The van der Waals surface area contributed by atoms with Gasteiger partial charge in [-0.25, -0.2) is 9.78 Å². The van der Waals surface area contributed by atoms with Gasteiger partial charge in [0.15, 0.2) is 0 Å². The average Bonchev–Trinajstić information content (AvgIpc) is 2.54. The molecule has 6 nitrogen and oxygen atoms in total. The molecule has 0 saturated carbocycles. The topological polar surface area (TPSA) is 84.1 Å². The Morgan fingerprint density at radius 1 is 1.18 bits per heavy atom. The number of H-pyrrole nitrogens is 1. The van der Waals surface area contributed by atoms with Crippen LogP contribution in [0.3, 0.4) is 0 Å². The number of benzene rings is 2. The van der Waals surface area contributed by atoms with Crippen LogP contribution >= 0.6 is 0 Å². The Morgan fingerprint density at radius 2 is 1.95 bits per heavy atom. The van der Waals surface area contributed by atoms with Gasteiger partial charge in [0, 0.05) is 5.69 Å². The number of aromatic nitrogens is 2. The lowest BCUT2D eigenvalue weighted by Crippen LogP contribution is -2.12. The number of fused-ring (bicyclic) bond motifs is 1. The van der Waals surface area contributed by atoms with Gasteiger partial charge in [-0.05, 0) is 30.3 Å². The van der Waals surface area contributed by atoms with Gasteiger partial charge >= 0.3 is 5.97 Å². The number of esters is 1. The standard InChI is InChI=1S/C16H13N3O3/c1-22-15(21)10-7-8-12-13(9-10)18-16(19-14(12)20)17-11-5-3-2-4-6-11/h2-9H,1H3,(H2,17,18,19,20). The van der Waals surface area contributed by atoms with E-state index in [2.05, 4.69) is 20.0 Å². The van der Waals surface area contributed by atoms with Crippen molar-refractivity contribution in [2.24, 2.45) is 0 Å². The molecule has 3 rings (SSSR count). The molecule has 3 aromatic rings. The van der Waals surface area contributed by atoms with E-state index in [0.29, 0.717) is 22.4 Å². The van der Waals surface area contributed by atoms with E-state index in [-0.39, 0.29) is 5.56 Å². The monoisotopic (exact) mass is 295 g/mol. The fraction of sp³-hybridized carbons (Fsp3) is 0.0625. The van der Waals surface area contributed by atoms with E-state index in [1.807, 2.05) is 30.3 Å². The molecule has 0 unspecified atom stereocenters. The van der Waals surface area contributed by atoms with E-state index in [9.17, 15) is 9.59 Å². The number of nitrogens with zero attached hydrogens (tertiary/aromatic N) is 1. The first-order chi connectivity index (χ1) is 10.7. The number of para-hydroxylation sites is 1. The predicted molar refractivity (Wildman–Crippen MR) is 83.4 cm³/mol. The highest BCUT2D eigenvalue weighted by molar-refractivity contribution is 5.94. The summed E-state index contributed by atoms with van der Waals surface area (Å²) in [6, 6.07) is 14.0. The van der Waals surface area contributed by atoms with E-state index in [4.69, 9.17) is 0 Å². The van der Waals surface area contributed by atoms with Gasteiger partial charge in [-0.15, -0.1) is 0 Å². The van der Waals surface area contributed by atoms with Crippen LogP contribution in [-0.4, -0.2) is 23.0 Å². The summed E-state index contributed by atoms with van der Waals surface area (Å²) in [7, 11) is 1.31. The molecule has 2 aromatic carbocycles. The Kier molecular flexibility index (Phi) is 3.57. The van der Waals surface area contributed by atoms with E-state index in [1.54, 1.807) is 6.07 Å². The van der Waals surface area contributed by atoms with Gasteiger partial charge in [-0.3, -0.25) is 9.78 Å². The molecule has 1 heterocycles. The molecular weight excluding hydrogens is 282 g/mol. The van der Waals surface area contributed by atoms with Crippen molar-refractivity contribution < 1.29 is 9.53 Å². The summed E-state index contributed by atoms with van der Waals surface area (Å²) in [6.07, 6.45) is 0. The smallest absolute Gasteiger partial charge is 0.337 e. The molecule has 0 bridgehead atoms. The maximum Gasteiger partial charge on any atom is 0.337 e. The first kappa shape index (κ1) is 13.8. The molecule has 0 aliphatic rings. The summed E-state index contributed by atoms with van der Waals surface area (Å²) in [5.74, 6) is -0.160. The Labute approximate surface area is 125 Å². The summed E-state index contributed by atoms with van der Waals surface area (Å²) < 4.78 is 4.67. The van der Waals surface area contributed by atoms with E-state index in [1.165, 1.54) is 19.2 Å². The molecule has 0 atom stereocenters. The summed E-state index contributed by atoms with van der Waals surface area (Å²) >= 11 is 0. The van der Waals surface area contributed by atoms with Crippen molar-refractivity contribution in [1.82, 2.24) is 9.97 Å². The van der Waals surface area contributed by atoms with E-state index < -0.39 is 5.97 Å². The highest BCUT2D eigenvalue weighted by Gasteiger charge is 2.09. The first-order valence-corrected chi connectivity index (χ1v) is 6.62. The minimum absolute atomic E-state index is 0.278. The lowest BCUT2D eigenvalue weighted by Gasteiger charge is -2.07.